The van der Waals surface area contributed by atoms with Crippen molar-refractivity contribution in [3.8, 4) is 0 Å². The fourth-order valence-electron chi connectivity index (χ4n) is 1.27. The first-order chi connectivity index (χ1) is 6.26. The number of Topliss-reactive ketones (excluding diaryl/α,β-unsaturated/α-hetero) is 1. The lowest BCUT2D eigenvalue weighted by Gasteiger charge is -2.12. The van der Waals surface area contributed by atoms with Crippen LogP contribution < -0.4 is 0 Å². The van der Waals surface area contributed by atoms with Gasteiger partial charge in [-0.2, -0.15) is 0 Å². The van der Waals surface area contributed by atoms with Gasteiger partial charge in [0.1, 0.15) is 20.0 Å². The quantitative estimate of drug-likeness (QED) is 0.595. The number of hydrogen-bond donors (Lipinski definition) is 0. The van der Waals surface area contributed by atoms with Crippen molar-refractivity contribution in [2.75, 3.05) is 14.2 Å². The van der Waals surface area contributed by atoms with Gasteiger partial charge < -0.3 is 9.68 Å². The Hall–Kier alpha value is -1.39. The summed E-state index contributed by atoms with van der Waals surface area (Å²) in [7, 11) is 2.92. The third kappa shape index (κ3) is 2.85. The zero-order valence-electron chi connectivity index (χ0n) is 7.74. The topological polar surface area (TPSA) is 60.2 Å². The van der Waals surface area contributed by atoms with E-state index in [0.717, 1.165) is 0 Å². The first-order valence-corrected chi connectivity index (χ1v) is 3.95. The van der Waals surface area contributed by atoms with Crippen LogP contribution in [0.4, 0.5) is 0 Å². The first-order valence-electron chi connectivity index (χ1n) is 3.95. The van der Waals surface area contributed by atoms with Crippen LogP contribution in [0.5, 0.6) is 0 Å². The van der Waals surface area contributed by atoms with Crippen molar-refractivity contribution in [1.29, 1.82) is 0 Å². The summed E-state index contributed by atoms with van der Waals surface area (Å²) in [5, 5.41) is 7.45. The van der Waals surface area contributed by atoms with Gasteiger partial charge in [0.25, 0.3) is 0 Å². The average molecular weight is 184 g/mol. The van der Waals surface area contributed by atoms with E-state index >= 15 is 0 Å². The molecule has 0 spiro atoms. The molecule has 5 heteroatoms. The molecule has 0 atom stereocenters. The number of hydrogen-bond acceptors (Lipinski definition) is 5. The molecule has 0 radical (unpaired) electrons. The normalized spacial score (nSPS) is 23.7. The van der Waals surface area contributed by atoms with Crippen LogP contribution in [0.15, 0.2) is 10.3 Å². The summed E-state index contributed by atoms with van der Waals surface area (Å²) in [6, 6.07) is 0. The maximum absolute atomic E-state index is 11.2. The van der Waals surface area contributed by atoms with E-state index in [1.54, 1.807) is 0 Å². The molecule has 5 nitrogen and oxygen atoms in total. The highest BCUT2D eigenvalue weighted by Crippen LogP contribution is 2.10. The molecular formula is C8H12N2O3. The fourth-order valence-corrected chi connectivity index (χ4v) is 1.27. The molecule has 0 aromatic heterocycles. The van der Waals surface area contributed by atoms with Crippen molar-refractivity contribution in [3.63, 3.8) is 0 Å². The Morgan fingerprint density at radius 3 is 1.85 bits per heavy atom. The van der Waals surface area contributed by atoms with Gasteiger partial charge in [-0.1, -0.05) is 10.3 Å². The molecule has 0 saturated heterocycles. The minimum absolute atomic E-state index is 0.0952. The van der Waals surface area contributed by atoms with Crippen molar-refractivity contribution in [2.24, 2.45) is 10.3 Å². The van der Waals surface area contributed by atoms with E-state index in [2.05, 4.69) is 20.0 Å². The van der Waals surface area contributed by atoms with E-state index in [1.165, 1.54) is 14.2 Å². The van der Waals surface area contributed by atoms with Gasteiger partial charge in [-0.05, 0) is 0 Å². The molecule has 0 N–H and O–H groups in total. The second-order valence-electron chi connectivity index (χ2n) is 2.75. The Morgan fingerprint density at radius 1 is 1.00 bits per heavy atom. The molecule has 0 bridgehead atoms. The van der Waals surface area contributed by atoms with Gasteiger partial charge in [0, 0.05) is 19.3 Å². The molecule has 0 heterocycles. The summed E-state index contributed by atoms with van der Waals surface area (Å²) >= 11 is 0. The highest BCUT2D eigenvalue weighted by molar-refractivity contribution is 6.21. The van der Waals surface area contributed by atoms with Gasteiger partial charge in [0.2, 0.25) is 0 Å². The predicted molar refractivity (Wildman–Crippen MR) is 47.7 cm³/mol. The Morgan fingerprint density at radius 2 is 1.46 bits per heavy atom. The summed E-state index contributed by atoms with van der Waals surface area (Å²) in [5.41, 5.74) is 1.41. The Kier molecular flexibility index (Phi) is 3.42. The Bertz CT molecular complexity index is 234. The standard InChI is InChI=1S/C8H12N2O3/c1-12-9-6-3-7(10-13-2)5-8(11)4-6/h3-5H2,1-2H3/b9-6-,10-7+. The van der Waals surface area contributed by atoms with Crippen LogP contribution in [0.25, 0.3) is 0 Å². The highest BCUT2D eigenvalue weighted by atomic mass is 16.6. The predicted octanol–water partition coefficient (Wildman–Crippen LogP) is 0.744. The van der Waals surface area contributed by atoms with E-state index in [4.69, 9.17) is 0 Å². The van der Waals surface area contributed by atoms with Crippen LogP contribution in [0, 0.1) is 0 Å². The maximum Gasteiger partial charge on any atom is 0.144 e. The average Bonchev–Trinajstić information content (AvgIpc) is 2.04. The van der Waals surface area contributed by atoms with Crippen molar-refractivity contribution >= 4 is 17.2 Å². The molecule has 0 aromatic rings. The highest BCUT2D eigenvalue weighted by Gasteiger charge is 2.21. The van der Waals surface area contributed by atoms with Crippen LogP contribution in [0.3, 0.4) is 0 Å². The van der Waals surface area contributed by atoms with Gasteiger partial charge in [-0.15, -0.1) is 0 Å². The minimum Gasteiger partial charge on any atom is -0.399 e. The van der Waals surface area contributed by atoms with Crippen molar-refractivity contribution < 1.29 is 14.5 Å². The Labute approximate surface area is 76.4 Å². The lowest BCUT2D eigenvalue weighted by molar-refractivity contribution is -0.117. The van der Waals surface area contributed by atoms with Gasteiger partial charge in [-0.3, -0.25) is 4.79 Å². The number of rotatable bonds is 2. The summed E-state index contributed by atoms with van der Waals surface area (Å²) in [4.78, 5) is 20.4. The molecule has 1 fully saturated rings. The van der Waals surface area contributed by atoms with Crippen LogP contribution in [0.1, 0.15) is 19.3 Å². The second-order valence-corrected chi connectivity index (χ2v) is 2.75. The van der Waals surface area contributed by atoms with E-state index in [9.17, 15) is 4.79 Å². The first kappa shape index (κ1) is 9.70. The second kappa shape index (κ2) is 4.59. The zero-order valence-corrected chi connectivity index (χ0v) is 7.74. The molecular weight excluding hydrogens is 172 g/mol. The SMILES string of the molecule is CO/N=C1\CC(=O)C/C(=N/OC)C1. The smallest absolute Gasteiger partial charge is 0.144 e. The number of oxime groups is 2. The molecule has 0 aromatic carbocycles. The number of carbonyl (C=O) groups excluding carboxylic acids is 1. The van der Waals surface area contributed by atoms with Crippen molar-refractivity contribution in [3.05, 3.63) is 0 Å². The molecule has 0 aliphatic heterocycles. The van der Waals surface area contributed by atoms with Crippen LogP contribution in [-0.2, 0) is 14.5 Å². The molecule has 1 aliphatic carbocycles. The third-order valence-electron chi connectivity index (χ3n) is 1.65. The molecule has 13 heavy (non-hydrogen) atoms. The molecule has 1 saturated carbocycles. The van der Waals surface area contributed by atoms with E-state index in [0.29, 0.717) is 30.7 Å². The Balaban J connectivity index is 2.68. The summed E-state index contributed by atoms with van der Waals surface area (Å²) in [6.07, 6.45) is 1.28. The zero-order chi connectivity index (χ0) is 9.68. The van der Waals surface area contributed by atoms with Gasteiger partial charge in [0.15, 0.2) is 0 Å². The van der Waals surface area contributed by atoms with Crippen LogP contribution >= 0.6 is 0 Å². The van der Waals surface area contributed by atoms with Gasteiger partial charge in [0.05, 0.1) is 11.4 Å². The summed E-state index contributed by atoms with van der Waals surface area (Å²) < 4.78 is 0. The van der Waals surface area contributed by atoms with E-state index < -0.39 is 0 Å². The largest absolute Gasteiger partial charge is 0.399 e. The van der Waals surface area contributed by atoms with E-state index in [-0.39, 0.29) is 5.78 Å². The van der Waals surface area contributed by atoms with E-state index in [1.807, 2.05) is 0 Å². The van der Waals surface area contributed by atoms with Crippen molar-refractivity contribution in [1.82, 2.24) is 0 Å². The monoisotopic (exact) mass is 184 g/mol. The lowest BCUT2D eigenvalue weighted by Crippen LogP contribution is -2.23. The summed E-state index contributed by atoms with van der Waals surface area (Å²) in [6.45, 7) is 0. The number of nitrogens with zero attached hydrogens (tertiary/aromatic N) is 2. The number of ketones is 1. The van der Waals surface area contributed by atoms with Gasteiger partial charge in [-0.25, -0.2) is 0 Å². The lowest BCUT2D eigenvalue weighted by atomic mass is 9.95. The summed E-state index contributed by atoms with van der Waals surface area (Å²) in [5.74, 6) is 0.0952. The molecule has 1 aliphatic rings. The fraction of sp³-hybridized carbons (Fsp3) is 0.625. The molecule has 0 unspecified atom stereocenters. The maximum atomic E-state index is 11.2. The number of carbonyl (C=O) groups is 1. The molecule has 0 amide bonds. The molecule has 1 rings (SSSR count). The minimum atomic E-state index is 0.0952. The third-order valence-corrected chi connectivity index (χ3v) is 1.65. The van der Waals surface area contributed by atoms with Gasteiger partial charge >= 0.3 is 0 Å². The van der Waals surface area contributed by atoms with Crippen LogP contribution in [-0.4, -0.2) is 31.4 Å². The van der Waals surface area contributed by atoms with Crippen molar-refractivity contribution in [2.45, 2.75) is 19.3 Å². The van der Waals surface area contributed by atoms with Crippen LogP contribution in [0.2, 0.25) is 0 Å². The molecule has 72 valence electrons.